The maximum atomic E-state index is 12.6. The first-order valence-corrected chi connectivity index (χ1v) is 10.1. The number of benzene rings is 2. The Morgan fingerprint density at radius 1 is 1.03 bits per heavy atom. The number of rotatable bonds is 8. The number of carbonyl (C=O) groups is 1. The largest absolute Gasteiger partial charge is 0.491 e. The number of hydrogen-bond acceptors (Lipinski definition) is 4. The van der Waals surface area contributed by atoms with Gasteiger partial charge in [0.25, 0.3) is 0 Å². The molecule has 0 aliphatic rings. The lowest BCUT2D eigenvalue weighted by atomic mass is 10.2. The number of carbonyl (C=O) groups excluding carboxylic acids is 1. The zero-order valence-corrected chi connectivity index (χ0v) is 16.9. The van der Waals surface area contributed by atoms with Crippen molar-refractivity contribution in [3.63, 3.8) is 0 Å². The lowest BCUT2D eigenvalue weighted by Gasteiger charge is -2.09. The minimum absolute atomic E-state index is 0.000443. The van der Waals surface area contributed by atoms with Crippen LogP contribution >= 0.6 is 0 Å². The maximum Gasteiger partial charge on any atom is 0.329 e. The minimum atomic E-state index is -0.192. The van der Waals surface area contributed by atoms with Gasteiger partial charge in [-0.3, -0.25) is 18.9 Å². The highest BCUT2D eigenvalue weighted by Crippen LogP contribution is 2.22. The second-order valence-corrected chi connectivity index (χ2v) is 6.98. The molecule has 0 radical (unpaired) electrons. The Morgan fingerprint density at radius 2 is 1.80 bits per heavy atom. The Kier molecular flexibility index (Phi) is 5.79. The molecule has 1 amide bonds. The molecule has 0 saturated heterocycles. The molecule has 7 nitrogen and oxygen atoms in total. The third-order valence-electron chi connectivity index (χ3n) is 5.04. The molecular weight excluding hydrogens is 380 g/mol. The summed E-state index contributed by atoms with van der Waals surface area (Å²) in [6, 6.07) is 17.2. The zero-order valence-electron chi connectivity index (χ0n) is 16.9. The van der Waals surface area contributed by atoms with Crippen molar-refractivity contribution >= 4 is 27.8 Å². The molecule has 30 heavy (non-hydrogen) atoms. The number of para-hydroxylation sites is 3. The number of nitrogens with zero attached hydrogens (tertiary/aromatic N) is 3. The molecule has 0 bridgehead atoms. The molecule has 2 aromatic heterocycles. The van der Waals surface area contributed by atoms with E-state index in [0.717, 1.165) is 27.7 Å². The van der Waals surface area contributed by atoms with Gasteiger partial charge in [0.05, 0.1) is 17.6 Å². The lowest BCUT2D eigenvalue weighted by Crippen LogP contribution is -2.33. The number of nitrogens with one attached hydrogen (secondary N) is 1. The number of ether oxygens (including phenoxy) is 1. The van der Waals surface area contributed by atoms with Gasteiger partial charge in [0.2, 0.25) is 5.91 Å². The summed E-state index contributed by atoms with van der Waals surface area (Å²) in [6.45, 7) is 3.42. The molecule has 4 aromatic rings. The average molecular weight is 404 g/mol. The van der Waals surface area contributed by atoms with Gasteiger partial charge in [0, 0.05) is 24.7 Å². The van der Waals surface area contributed by atoms with Crippen LogP contribution in [-0.2, 0) is 17.9 Å². The summed E-state index contributed by atoms with van der Waals surface area (Å²) in [5.41, 5.74) is 2.28. The van der Waals surface area contributed by atoms with Crippen LogP contribution in [0.3, 0.4) is 0 Å². The SMILES string of the molecule is CCn1c(=O)n(CC(=O)NCCCOc2cccc3cccnc23)c2ccccc21. The van der Waals surface area contributed by atoms with Gasteiger partial charge in [-0.1, -0.05) is 30.3 Å². The van der Waals surface area contributed by atoms with E-state index in [2.05, 4.69) is 10.3 Å². The van der Waals surface area contributed by atoms with Gasteiger partial charge < -0.3 is 10.1 Å². The van der Waals surface area contributed by atoms with Crippen LogP contribution in [0.15, 0.2) is 65.6 Å². The summed E-state index contributed by atoms with van der Waals surface area (Å²) in [7, 11) is 0. The molecule has 0 aliphatic heterocycles. The summed E-state index contributed by atoms with van der Waals surface area (Å²) in [4.78, 5) is 29.4. The molecule has 0 spiro atoms. The van der Waals surface area contributed by atoms with Crippen molar-refractivity contribution in [1.29, 1.82) is 0 Å². The Balaban J connectivity index is 1.31. The van der Waals surface area contributed by atoms with E-state index in [-0.39, 0.29) is 18.1 Å². The van der Waals surface area contributed by atoms with Crippen LogP contribution in [0, 0.1) is 0 Å². The normalized spacial score (nSPS) is 11.1. The van der Waals surface area contributed by atoms with Crippen molar-refractivity contribution in [3.8, 4) is 5.75 Å². The Hall–Kier alpha value is -3.61. The van der Waals surface area contributed by atoms with Crippen molar-refractivity contribution < 1.29 is 9.53 Å². The second kappa shape index (κ2) is 8.82. The zero-order chi connectivity index (χ0) is 20.9. The molecule has 0 saturated carbocycles. The standard InChI is InChI=1S/C23H24N4O3/c1-2-26-18-10-3-4-11-19(18)27(23(26)29)16-21(28)24-14-7-15-30-20-12-5-8-17-9-6-13-25-22(17)20/h3-6,8-13H,2,7,14-16H2,1H3,(H,24,28). The fraction of sp³-hybridized carbons (Fsp3) is 0.261. The molecule has 2 heterocycles. The number of fused-ring (bicyclic) bond motifs is 2. The van der Waals surface area contributed by atoms with E-state index in [9.17, 15) is 9.59 Å². The molecule has 1 N–H and O–H groups in total. The smallest absolute Gasteiger partial charge is 0.329 e. The molecule has 4 rings (SSSR count). The van der Waals surface area contributed by atoms with Crippen LogP contribution in [0.5, 0.6) is 5.75 Å². The number of hydrogen-bond donors (Lipinski definition) is 1. The van der Waals surface area contributed by atoms with Crippen LogP contribution < -0.4 is 15.7 Å². The Bertz CT molecular complexity index is 1240. The van der Waals surface area contributed by atoms with E-state index >= 15 is 0 Å². The fourth-order valence-corrected chi connectivity index (χ4v) is 3.61. The van der Waals surface area contributed by atoms with Crippen LogP contribution in [0.1, 0.15) is 13.3 Å². The highest BCUT2D eigenvalue weighted by Gasteiger charge is 2.14. The monoisotopic (exact) mass is 404 g/mol. The molecule has 0 unspecified atom stereocenters. The first-order valence-electron chi connectivity index (χ1n) is 10.1. The number of aromatic nitrogens is 3. The van der Waals surface area contributed by atoms with E-state index < -0.39 is 0 Å². The van der Waals surface area contributed by atoms with Gasteiger partial charge in [-0.15, -0.1) is 0 Å². The highest BCUT2D eigenvalue weighted by atomic mass is 16.5. The van der Waals surface area contributed by atoms with Gasteiger partial charge in [-0.05, 0) is 37.6 Å². The van der Waals surface area contributed by atoms with Crippen LogP contribution in [0.25, 0.3) is 21.9 Å². The second-order valence-electron chi connectivity index (χ2n) is 6.98. The predicted octanol–water partition coefficient (Wildman–Crippen LogP) is 2.96. The first kappa shape index (κ1) is 19.7. The van der Waals surface area contributed by atoms with Gasteiger partial charge in [-0.25, -0.2) is 4.79 Å². The molecule has 2 aromatic carbocycles. The van der Waals surface area contributed by atoms with E-state index in [1.165, 1.54) is 4.57 Å². The highest BCUT2D eigenvalue weighted by molar-refractivity contribution is 5.84. The van der Waals surface area contributed by atoms with Gasteiger partial charge in [0.15, 0.2) is 0 Å². The molecule has 0 fully saturated rings. The van der Waals surface area contributed by atoms with Crippen molar-refractivity contribution in [1.82, 2.24) is 19.4 Å². The molecule has 154 valence electrons. The molecule has 0 atom stereocenters. The summed E-state index contributed by atoms with van der Waals surface area (Å²) >= 11 is 0. The maximum absolute atomic E-state index is 12.6. The average Bonchev–Trinajstić information content (AvgIpc) is 3.04. The quantitative estimate of drug-likeness (QED) is 0.458. The Labute approximate surface area is 173 Å². The topological polar surface area (TPSA) is 78.2 Å². The number of imidazole rings is 1. The van der Waals surface area contributed by atoms with Gasteiger partial charge in [0.1, 0.15) is 17.8 Å². The van der Waals surface area contributed by atoms with Crippen molar-refractivity contribution in [2.24, 2.45) is 0 Å². The van der Waals surface area contributed by atoms with Gasteiger partial charge >= 0.3 is 5.69 Å². The third-order valence-corrected chi connectivity index (χ3v) is 5.04. The van der Waals surface area contributed by atoms with Crippen molar-refractivity contribution in [3.05, 3.63) is 71.3 Å². The molecule has 7 heteroatoms. The third kappa shape index (κ3) is 3.91. The summed E-state index contributed by atoms with van der Waals surface area (Å²) < 4.78 is 9.04. The Morgan fingerprint density at radius 3 is 2.60 bits per heavy atom. The van der Waals surface area contributed by atoms with E-state index in [4.69, 9.17) is 4.74 Å². The van der Waals surface area contributed by atoms with E-state index in [1.54, 1.807) is 10.8 Å². The van der Waals surface area contributed by atoms with Crippen LogP contribution in [0.2, 0.25) is 0 Å². The molecular formula is C23H24N4O3. The van der Waals surface area contributed by atoms with Crippen molar-refractivity contribution in [2.75, 3.05) is 13.2 Å². The van der Waals surface area contributed by atoms with Crippen LogP contribution in [-0.4, -0.2) is 33.2 Å². The minimum Gasteiger partial charge on any atom is -0.491 e. The van der Waals surface area contributed by atoms with Gasteiger partial charge in [-0.2, -0.15) is 0 Å². The van der Waals surface area contributed by atoms with Crippen LogP contribution in [0.4, 0.5) is 0 Å². The molecule has 0 aliphatic carbocycles. The number of aryl methyl sites for hydroxylation is 1. The summed E-state index contributed by atoms with van der Waals surface area (Å²) in [5, 5.41) is 3.90. The number of pyridine rings is 1. The predicted molar refractivity (Wildman–Crippen MR) is 117 cm³/mol. The lowest BCUT2D eigenvalue weighted by molar-refractivity contribution is -0.121. The summed E-state index contributed by atoms with van der Waals surface area (Å²) in [6.07, 6.45) is 2.40. The van der Waals surface area contributed by atoms with Crippen molar-refractivity contribution in [2.45, 2.75) is 26.4 Å². The first-order chi connectivity index (χ1) is 14.7. The van der Waals surface area contributed by atoms with E-state index in [0.29, 0.717) is 26.1 Å². The summed E-state index contributed by atoms with van der Waals surface area (Å²) in [5.74, 6) is 0.543. The van der Waals surface area contributed by atoms with E-state index in [1.807, 2.05) is 61.5 Å². The number of amides is 1. The fourth-order valence-electron chi connectivity index (χ4n) is 3.61.